The third kappa shape index (κ3) is 3.88. The average Bonchev–Trinajstić information content (AvgIpc) is 3.12. The second-order valence-corrected chi connectivity index (χ2v) is 6.52. The van der Waals surface area contributed by atoms with E-state index in [1.165, 1.54) is 41.9 Å². The molecule has 0 saturated heterocycles. The van der Waals surface area contributed by atoms with Gasteiger partial charge in [-0.15, -0.1) is 11.3 Å². The monoisotopic (exact) mass is 384 g/mol. The topological polar surface area (TPSA) is 44.2 Å². The Bertz CT molecular complexity index is 1050. The smallest absolute Gasteiger partial charge is 0.226 e. The Morgan fingerprint density at radius 1 is 0.815 bits per heavy atom. The van der Waals surface area contributed by atoms with E-state index in [2.05, 4.69) is 9.97 Å². The molecule has 0 fully saturated rings. The average molecular weight is 384 g/mol. The lowest BCUT2D eigenvalue weighted by molar-refractivity contribution is 0.213. The Labute approximate surface area is 158 Å². The maximum absolute atomic E-state index is 13.2. The predicted octanol–water partition coefficient (Wildman–Crippen LogP) is 5.09. The summed E-state index contributed by atoms with van der Waals surface area (Å²) in [7, 11) is 0. The number of hydrogen-bond donors (Lipinski definition) is 0. The van der Waals surface area contributed by atoms with Gasteiger partial charge < -0.3 is 9.47 Å². The Morgan fingerprint density at radius 3 is 2.22 bits per heavy atom. The zero-order valence-electron chi connectivity index (χ0n) is 14.1. The summed E-state index contributed by atoms with van der Waals surface area (Å²) in [5.74, 6) is 0.412. The van der Waals surface area contributed by atoms with E-state index in [0.717, 1.165) is 21.3 Å². The molecule has 0 aliphatic heterocycles. The third-order valence-corrected chi connectivity index (χ3v) is 4.78. The molecule has 7 heteroatoms. The molecular formula is C20H14F2N2O2S. The fourth-order valence-electron chi connectivity index (χ4n) is 2.63. The molecule has 4 nitrogen and oxygen atoms in total. The Balaban J connectivity index is 1.50. The number of hydrogen-bond acceptors (Lipinski definition) is 5. The fourth-order valence-corrected chi connectivity index (χ4v) is 3.53. The van der Waals surface area contributed by atoms with Crippen LogP contribution in [0.25, 0.3) is 21.3 Å². The van der Waals surface area contributed by atoms with Crippen LogP contribution in [0.4, 0.5) is 8.78 Å². The molecule has 0 bridgehead atoms. The van der Waals surface area contributed by atoms with Crippen LogP contribution in [-0.2, 0) is 0 Å². The quantitative estimate of drug-likeness (QED) is 0.434. The number of halogens is 2. The van der Waals surface area contributed by atoms with Gasteiger partial charge in [-0.2, -0.15) is 0 Å². The minimum atomic E-state index is -0.312. The molecule has 27 heavy (non-hydrogen) atoms. The molecule has 2 aromatic heterocycles. The van der Waals surface area contributed by atoms with E-state index in [4.69, 9.17) is 9.47 Å². The molecule has 0 radical (unpaired) electrons. The lowest BCUT2D eigenvalue weighted by Crippen LogP contribution is -2.10. The summed E-state index contributed by atoms with van der Waals surface area (Å²) in [6.07, 6.45) is 1.45. The molecular weight excluding hydrogens is 370 g/mol. The highest BCUT2D eigenvalue weighted by Gasteiger charge is 2.14. The minimum Gasteiger partial charge on any atom is -0.490 e. The van der Waals surface area contributed by atoms with Gasteiger partial charge in [0.2, 0.25) is 5.88 Å². The standard InChI is InChI=1S/C20H14F2N2O2S/c21-14-3-1-13(2-4-14)17-11-27-20-18(17)19(23-12-24-20)26-10-9-25-16-7-5-15(22)6-8-16/h1-8,11-12H,9-10H2. The van der Waals surface area contributed by atoms with Gasteiger partial charge in [0.25, 0.3) is 0 Å². The van der Waals surface area contributed by atoms with E-state index < -0.39 is 0 Å². The highest BCUT2D eigenvalue weighted by atomic mass is 32.1. The Morgan fingerprint density at radius 2 is 1.48 bits per heavy atom. The molecule has 0 saturated carbocycles. The van der Waals surface area contributed by atoms with E-state index in [1.54, 1.807) is 24.3 Å². The van der Waals surface area contributed by atoms with E-state index in [-0.39, 0.29) is 24.8 Å². The van der Waals surface area contributed by atoms with E-state index in [0.29, 0.717) is 11.6 Å². The molecule has 0 amide bonds. The van der Waals surface area contributed by atoms with Crippen LogP contribution < -0.4 is 9.47 Å². The van der Waals surface area contributed by atoms with Gasteiger partial charge in [-0.3, -0.25) is 0 Å². The van der Waals surface area contributed by atoms with Gasteiger partial charge in [-0.1, -0.05) is 12.1 Å². The largest absolute Gasteiger partial charge is 0.490 e. The molecule has 2 aromatic carbocycles. The van der Waals surface area contributed by atoms with Gasteiger partial charge in [0.1, 0.15) is 41.8 Å². The van der Waals surface area contributed by atoms with Crippen molar-refractivity contribution in [3.63, 3.8) is 0 Å². The summed E-state index contributed by atoms with van der Waals surface area (Å²) < 4.78 is 37.4. The molecule has 136 valence electrons. The van der Waals surface area contributed by atoms with Crippen molar-refractivity contribution in [3.05, 3.63) is 71.9 Å². The van der Waals surface area contributed by atoms with Crippen LogP contribution in [0.5, 0.6) is 11.6 Å². The Hall–Kier alpha value is -3.06. The maximum Gasteiger partial charge on any atom is 0.226 e. The van der Waals surface area contributed by atoms with Gasteiger partial charge in [-0.05, 0) is 42.0 Å². The normalized spacial score (nSPS) is 10.9. The number of benzene rings is 2. The lowest BCUT2D eigenvalue weighted by atomic mass is 10.1. The number of aromatic nitrogens is 2. The first kappa shape index (κ1) is 17.4. The van der Waals surface area contributed by atoms with Crippen LogP contribution in [0.2, 0.25) is 0 Å². The zero-order chi connectivity index (χ0) is 18.6. The molecule has 2 heterocycles. The predicted molar refractivity (Wildman–Crippen MR) is 100 cm³/mol. The summed E-state index contributed by atoms with van der Waals surface area (Å²) >= 11 is 1.47. The number of ether oxygens (including phenoxy) is 2. The highest BCUT2D eigenvalue weighted by molar-refractivity contribution is 7.17. The van der Waals surface area contributed by atoms with Crippen molar-refractivity contribution in [2.75, 3.05) is 13.2 Å². The van der Waals surface area contributed by atoms with Crippen molar-refractivity contribution < 1.29 is 18.3 Å². The van der Waals surface area contributed by atoms with Crippen LogP contribution >= 0.6 is 11.3 Å². The van der Waals surface area contributed by atoms with Crippen molar-refractivity contribution in [1.82, 2.24) is 9.97 Å². The van der Waals surface area contributed by atoms with Crippen LogP contribution in [0.1, 0.15) is 0 Å². The third-order valence-electron chi connectivity index (χ3n) is 3.90. The maximum atomic E-state index is 13.2. The molecule has 4 aromatic rings. The van der Waals surface area contributed by atoms with Crippen LogP contribution in [0.3, 0.4) is 0 Å². The number of fused-ring (bicyclic) bond motifs is 1. The summed E-state index contributed by atoms with van der Waals surface area (Å²) in [5.41, 5.74) is 1.76. The number of nitrogens with zero attached hydrogens (tertiary/aromatic N) is 2. The van der Waals surface area contributed by atoms with Crippen LogP contribution in [0.15, 0.2) is 60.2 Å². The van der Waals surface area contributed by atoms with Crippen molar-refractivity contribution in [2.24, 2.45) is 0 Å². The first-order valence-corrected chi connectivity index (χ1v) is 9.08. The lowest BCUT2D eigenvalue weighted by Gasteiger charge is -2.09. The molecule has 4 rings (SSSR count). The van der Waals surface area contributed by atoms with Crippen LogP contribution in [-0.4, -0.2) is 23.2 Å². The zero-order valence-corrected chi connectivity index (χ0v) is 14.9. The summed E-state index contributed by atoms with van der Waals surface area (Å²) in [6.45, 7) is 0.551. The minimum absolute atomic E-state index is 0.266. The molecule has 0 N–H and O–H groups in total. The Kier molecular flexibility index (Phi) is 4.93. The van der Waals surface area contributed by atoms with E-state index in [9.17, 15) is 8.78 Å². The summed E-state index contributed by atoms with van der Waals surface area (Å²) in [4.78, 5) is 9.30. The van der Waals surface area contributed by atoms with Gasteiger partial charge >= 0.3 is 0 Å². The van der Waals surface area contributed by atoms with Gasteiger partial charge in [0.05, 0.1) is 5.39 Å². The van der Waals surface area contributed by atoms with E-state index >= 15 is 0 Å². The molecule has 0 aliphatic rings. The molecule has 0 aliphatic carbocycles. The summed E-state index contributed by atoms with van der Waals surface area (Å²) in [5, 5.41) is 2.74. The van der Waals surface area contributed by atoms with Crippen LogP contribution in [0, 0.1) is 11.6 Å². The van der Waals surface area contributed by atoms with Crippen molar-refractivity contribution in [3.8, 4) is 22.8 Å². The molecule has 0 atom stereocenters. The molecule has 0 spiro atoms. The van der Waals surface area contributed by atoms with E-state index in [1.807, 2.05) is 5.38 Å². The second-order valence-electron chi connectivity index (χ2n) is 5.67. The SMILES string of the molecule is Fc1ccc(OCCOc2ncnc3scc(-c4ccc(F)cc4)c23)cc1. The first-order chi connectivity index (χ1) is 13.2. The van der Waals surface area contributed by atoms with Crippen molar-refractivity contribution in [1.29, 1.82) is 0 Å². The van der Waals surface area contributed by atoms with Gasteiger partial charge in [0, 0.05) is 10.9 Å². The number of rotatable bonds is 6. The van der Waals surface area contributed by atoms with Crippen molar-refractivity contribution in [2.45, 2.75) is 0 Å². The van der Waals surface area contributed by atoms with Crippen molar-refractivity contribution >= 4 is 21.6 Å². The second kappa shape index (κ2) is 7.67. The summed E-state index contributed by atoms with van der Waals surface area (Å²) in [6, 6.07) is 12.1. The fraction of sp³-hybridized carbons (Fsp3) is 0.100. The number of thiophene rings is 1. The van der Waals surface area contributed by atoms with Gasteiger partial charge in [-0.25, -0.2) is 18.7 Å². The van der Waals surface area contributed by atoms with Gasteiger partial charge in [0.15, 0.2) is 0 Å². The first-order valence-electron chi connectivity index (χ1n) is 8.20. The molecule has 0 unspecified atom stereocenters. The highest BCUT2D eigenvalue weighted by Crippen LogP contribution is 2.37.